The van der Waals surface area contributed by atoms with Gasteiger partial charge in [-0.05, 0) is 47.9 Å². The second kappa shape index (κ2) is 7.79. The third-order valence-electron chi connectivity index (χ3n) is 5.30. The summed E-state index contributed by atoms with van der Waals surface area (Å²) in [4.78, 5) is 8.68. The third kappa shape index (κ3) is 4.01. The van der Waals surface area contributed by atoms with Crippen molar-refractivity contribution in [1.82, 2.24) is 14.3 Å². The fraction of sp³-hybridized carbons (Fsp3) is 0.429. The average Bonchev–Trinajstić information content (AvgIpc) is 3.17. The first kappa shape index (κ1) is 21.0. The van der Waals surface area contributed by atoms with Crippen LogP contribution in [-0.2, 0) is 15.4 Å². The average molecular weight is 448 g/mol. The highest BCUT2D eigenvalue weighted by Gasteiger charge is 2.32. The first-order valence-corrected chi connectivity index (χ1v) is 12.2. The molecule has 0 atom stereocenters. The predicted molar refractivity (Wildman–Crippen MR) is 117 cm³/mol. The van der Waals surface area contributed by atoms with Gasteiger partial charge >= 0.3 is 0 Å². The molecule has 9 heteroatoms. The van der Waals surface area contributed by atoms with Crippen LogP contribution in [-0.4, -0.2) is 47.0 Å². The second-order valence-corrected chi connectivity index (χ2v) is 11.3. The molecule has 4 rings (SSSR count). The summed E-state index contributed by atoms with van der Waals surface area (Å²) in [5.74, 6) is 0.669. The molecule has 3 heterocycles. The molecule has 30 heavy (non-hydrogen) atoms. The van der Waals surface area contributed by atoms with E-state index in [1.165, 1.54) is 34.1 Å². The van der Waals surface area contributed by atoms with Crippen molar-refractivity contribution < 1.29 is 18.3 Å². The van der Waals surface area contributed by atoms with Crippen LogP contribution in [0, 0.1) is 0 Å². The molecule has 0 saturated carbocycles. The molecule has 0 aliphatic carbocycles. The minimum absolute atomic E-state index is 0.0957. The summed E-state index contributed by atoms with van der Waals surface area (Å²) in [6.07, 6.45) is 2.56. The number of rotatable bonds is 4. The van der Waals surface area contributed by atoms with E-state index in [9.17, 15) is 13.5 Å². The van der Waals surface area contributed by atoms with Gasteiger partial charge in [-0.15, -0.1) is 11.3 Å². The first-order valence-electron chi connectivity index (χ1n) is 9.85. The van der Waals surface area contributed by atoms with Gasteiger partial charge in [-0.2, -0.15) is 4.31 Å². The van der Waals surface area contributed by atoms with E-state index in [0.29, 0.717) is 37.4 Å². The molecule has 160 valence electrons. The molecule has 0 bridgehead atoms. The van der Waals surface area contributed by atoms with Gasteiger partial charge in [0.1, 0.15) is 22.9 Å². The predicted octanol–water partition coefficient (Wildman–Crippen LogP) is 3.93. The number of ether oxygens (including phenoxy) is 1. The van der Waals surface area contributed by atoms with Crippen LogP contribution in [0.15, 0.2) is 40.9 Å². The zero-order chi connectivity index (χ0) is 21.5. The maximum atomic E-state index is 13.2. The Morgan fingerprint density at radius 2 is 1.90 bits per heavy atom. The van der Waals surface area contributed by atoms with E-state index < -0.39 is 10.0 Å². The molecule has 2 aromatic heterocycles. The van der Waals surface area contributed by atoms with Crippen LogP contribution < -0.4 is 4.74 Å². The van der Waals surface area contributed by atoms with Crippen molar-refractivity contribution in [1.29, 1.82) is 0 Å². The van der Waals surface area contributed by atoms with E-state index in [1.807, 2.05) is 32.2 Å². The van der Waals surface area contributed by atoms with Gasteiger partial charge in [-0.1, -0.05) is 20.8 Å². The fourth-order valence-corrected chi connectivity index (χ4v) is 5.90. The standard InChI is InChI=1S/C21H25N3O4S2/c1-21(2,3)16-12-15(4-5-18(16)25)30(26,27)24-9-6-14(7-10-24)28-20-19-17(8-11-29-19)22-13-23-20/h4-5,8,11-14,25H,6-7,9-10H2,1-3H3. The first-order chi connectivity index (χ1) is 14.2. The SMILES string of the molecule is CC(C)(C)c1cc(S(=O)(=O)N2CCC(Oc3ncnc4ccsc34)CC2)ccc1O. The van der Waals surface area contributed by atoms with Gasteiger partial charge in [-0.3, -0.25) is 0 Å². The summed E-state index contributed by atoms with van der Waals surface area (Å²) < 4.78 is 34.8. The lowest BCUT2D eigenvalue weighted by Crippen LogP contribution is -2.41. The van der Waals surface area contributed by atoms with Crippen molar-refractivity contribution in [3.8, 4) is 11.6 Å². The molecule has 0 spiro atoms. The van der Waals surface area contributed by atoms with E-state index in [4.69, 9.17) is 4.74 Å². The zero-order valence-corrected chi connectivity index (χ0v) is 18.8. The van der Waals surface area contributed by atoms with Crippen LogP contribution in [0.1, 0.15) is 39.2 Å². The number of hydrogen-bond donors (Lipinski definition) is 1. The van der Waals surface area contributed by atoms with Crippen molar-refractivity contribution in [3.05, 3.63) is 41.5 Å². The van der Waals surface area contributed by atoms with Crippen LogP contribution in [0.4, 0.5) is 0 Å². The molecule has 1 aromatic carbocycles. The largest absolute Gasteiger partial charge is 0.508 e. The monoisotopic (exact) mass is 447 g/mol. The molecular weight excluding hydrogens is 422 g/mol. The molecule has 1 aliphatic rings. The van der Waals surface area contributed by atoms with Gasteiger partial charge in [0.15, 0.2) is 0 Å². The Balaban J connectivity index is 1.48. The molecular formula is C21H25N3O4S2. The highest BCUT2D eigenvalue weighted by Crippen LogP contribution is 2.34. The molecule has 0 unspecified atom stereocenters. The number of hydrogen-bond acceptors (Lipinski definition) is 7. The van der Waals surface area contributed by atoms with Gasteiger partial charge in [0.25, 0.3) is 0 Å². The number of aromatic hydroxyl groups is 1. The van der Waals surface area contributed by atoms with Gasteiger partial charge in [0.2, 0.25) is 15.9 Å². The Bertz CT molecular complexity index is 1160. The number of sulfonamides is 1. The molecule has 1 N–H and O–H groups in total. The van der Waals surface area contributed by atoms with Gasteiger partial charge in [-0.25, -0.2) is 18.4 Å². The summed E-state index contributed by atoms with van der Waals surface area (Å²) in [7, 11) is -3.64. The lowest BCUT2D eigenvalue weighted by atomic mass is 9.86. The normalized spacial score (nSPS) is 16.8. The van der Waals surface area contributed by atoms with Crippen molar-refractivity contribution in [2.75, 3.05) is 13.1 Å². The van der Waals surface area contributed by atoms with E-state index in [1.54, 1.807) is 6.07 Å². The Morgan fingerprint density at radius 3 is 2.60 bits per heavy atom. The minimum atomic E-state index is -3.64. The van der Waals surface area contributed by atoms with Gasteiger partial charge in [0.05, 0.1) is 10.4 Å². The van der Waals surface area contributed by atoms with Crippen molar-refractivity contribution in [3.63, 3.8) is 0 Å². The number of nitrogens with zero attached hydrogens (tertiary/aromatic N) is 3. The molecule has 1 fully saturated rings. The van der Waals surface area contributed by atoms with Crippen LogP contribution in [0.25, 0.3) is 10.2 Å². The number of piperidine rings is 1. The Morgan fingerprint density at radius 1 is 1.17 bits per heavy atom. The summed E-state index contributed by atoms with van der Waals surface area (Å²) in [6, 6.07) is 6.44. The lowest BCUT2D eigenvalue weighted by Gasteiger charge is -2.31. The maximum Gasteiger partial charge on any atom is 0.243 e. The summed E-state index contributed by atoms with van der Waals surface area (Å²) in [5.41, 5.74) is 1.11. The number of aromatic nitrogens is 2. The summed E-state index contributed by atoms with van der Waals surface area (Å²) in [6.45, 7) is 6.58. The van der Waals surface area contributed by atoms with Crippen molar-refractivity contribution >= 4 is 31.6 Å². The van der Waals surface area contributed by atoms with Crippen LogP contribution >= 0.6 is 11.3 Å². The molecule has 1 aliphatic heterocycles. The molecule has 0 amide bonds. The smallest absolute Gasteiger partial charge is 0.243 e. The fourth-order valence-electron chi connectivity index (χ4n) is 3.62. The van der Waals surface area contributed by atoms with Crippen molar-refractivity contribution in [2.24, 2.45) is 0 Å². The molecule has 1 saturated heterocycles. The highest BCUT2D eigenvalue weighted by atomic mass is 32.2. The van der Waals surface area contributed by atoms with Gasteiger partial charge < -0.3 is 9.84 Å². The quantitative estimate of drug-likeness (QED) is 0.652. The number of benzene rings is 1. The van der Waals surface area contributed by atoms with E-state index in [0.717, 1.165) is 10.2 Å². The van der Waals surface area contributed by atoms with Crippen LogP contribution in [0.5, 0.6) is 11.6 Å². The number of phenolic OH excluding ortho intramolecular Hbond substituents is 1. The lowest BCUT2D eigenvalue weighted by molar-refractivity contribution is 0.132. The Kier molecular flexibility index (Phi) is 5.46. The summed E-state index contributed by atoms with van der Waals surface area (Å²) in [5, 5.41) is 12.1. The van der Waals surface area contributed by atoms with Crippen LogP contribution in [0.2, 0.25) is 0 Å². The number of fused-ring (bicyclic) bond motifs is 1. The Labute approximate surface area is 180 Å². The molecule has 0 radical (unpaired) electrons. The van der Waals surface area contributed by atoms with E-state index in [2.05, 4.69) is 9.97 Å². The Hall–Kier alpha value is -2.23. The number of thiophene rings is 1. The summed E-state index contributed by atoms with van der Waals surface area (Å²) >= 11 is 1.53. The van der Waals surface area contributed by atoms with Crippen molar-refractivity contribution in [2.45, 2.75) is 50.0 Å². The maximum absolute atomic E-state index is 13.2. The molecule has 7 nitrogen and oxygen atoms in total. The van der Waals surface area contributed by atoms with E-state index >= 15 is 0 Å². The van der Waals surface area contributed by atoms with E-state index in [-0.39, 0.29) is 22.2 Å². The van der Waals surface area contributed by atoms with Crippen LogP contribution in [0.3, 0.4) is 0 Å². The highest BCUT2D eigenvalue weighted by molar-refractivity contribution is 7.89. The second-order valence-electron chi connectivity index (χ2n) is 8.46. The third-order valence-corrected chi connectivity index (χ3v) is 8.09. The zero-order valence-electron chi connectivity index (χ0n) is 17.2. The topological polar surface area (TPSA) is 92.6 Å². The van der Waals surface area contributed by atoms with Gasteiger partial charge in [0, 0.05) is 18.7 Å². The minimum Gasteiger partial charge on any atom is -0.508 e. The molecule has 3 aromatic rings. The number of phenols is 1.